The third-order valence-electron chi connectivity index (χ3n) is 1.81. The number of hydrogen-bond donors (Lipinski definition) is 3. The van der Waals surface area contributed by atoms with E-state index in [1.165, 1.54) is 0 Å². The molecule has 0 aliphatic rings. The molecule has 0 aliphatic carbocycles. The van der Waals surface area contributed by atoms with Crippen molar-refractivity contribution in [1.29, 1.82) is 0 Å². The molecule has 0 saturated heterocycles. The number of rotatable bonds is 6. The van der Waals surface area contributed by atoms with Crippen molar-refractivity contribution < 1.29 is 10.0 Å². The van der Waals surface area contributed by atoms with Crippen LogP contribution in [-0.2, 0) is 0 Å². The van der Waals surface area contributed by atoms with Crippen LogP contribution in [0.15, 0.2) is 0 Å². The summed E-state index contributed by atoms with van der Waals surface area (Å²) in [5.41, 5.74) is 5.66. The quantitative estimate of drug-likeness (QED) is 0.387. The van der Waals surface area contributed by atoms with Crippen molar-refractivity contribution in [3.05, 3.63) is 0 Å². The molecule has 3 nitrogen and oxygen atoms in total. The predicted octanol–water partition coefficient (Wildman–Crippen LogP) is 0.367. The Bertz CT molecular complexity index is 90.5. The first-order valence-corrected chi connectivity index (χ1v) is 4.28. The molecule has 0 fully saturated rings. The van der Waals surface area contributed by atoms with Crippen LogP contribution in [0.25, 0.3) is 0 Å². The van der Waals surface area contributed by atoms with Gasteiger partial charge in [-0.05, 0) is 19.2 Å². The summed E-state index contributed by atoms with van der Waals surface area (Å²) < 4.78 is 0. The highest BCUT2D eigenvalue weighted by molar-refractivity contribution is 6.40. The van der Waals surface area contributed by atoms with Crippen LogP contribution in [0.3, 0.4) is 0 Å². The third-order valence-corrected chi connectivity index (χ3v) is 1.81. The minimum absolute atomic E-state index is 0.283. The summed E-state index contributed by atoms with van der Waals surface area (Å²) in [4.78, 5) is 0. The highest BCUT2D eigenvalue weighted by Gasteiger charge is 2.05. The standard InChI is InChI=1S/C7H18BNO2/c1-2-7(9)5-3-4-6-8(10)11/h7,10-11H,2-6,9H2,1H3. The van der Waals surface area contributed by atoms with Crippen LogP contribution in [0.5, 0.6) is 0 Å². The highest BCUT2D eigenvalue weighted by Crippen LogP contribution is 2.05. The molecule has 0 spiro atoms. The Labute approximate surface area is 68.7 Å². The zero-order valence-corrected chi connectivity index (χ0v) is 7.16. The second-order valence-corrected chi connectivity index (χ2v) is 2.93. The van der Waals surface area contributed by atoms with Crippen LogP contribution in [0, 0.1) is 0 Å². The van der Waals surface area contributed by atoms with Crippen LogP contribution in [-0.4, -0.2) is 23.2 Å². The van der Waals surface area contributed by atoms with E-state index >= 15 is 0 Å². The molecule has 0 bridgehead atoms. The summed E-state index contributed by atoms with van der Waals surface area (Å²) in [6, 6.07) is 0.283. The van der Waals surface area contributed by atoms with E-state index in [0.717, 1.165) is 25.7 Å². The van der Waals surface area contributed by atoms with Crippen molar-refractivity contribution in [3.63, 3.8) is 0 Å². The summed E-state index contributed by atoms with van der Waals surface area (Å²) >= 11 is 0. The van der Waals surface area contributed by atoms with Crippen molar-refractivity contribution >= 4 is 7.12 Å². The smallest absolute Gasteiger partial charge is 0.427 e. The van der Waals surface area contributed by atoms with Gasteiger partial charge >= 0.3 is 7.12 Å². The molecule has 0 aromatic carbocycles. The lowest BCUT2D eigenvalue weighted by Crippen LogP contribution is -2.18. The molecule has 1 atom stereocenters. The lowest BCUT2D eigenvalue weighted by atomic mass is 9.83. The van der Waals surface area contributed by atoms with E-state index in [9.17, 15) is 0 Å². The van der Waals surface area contributed by atoms with E-state index in [2.05, 4.69) is 6.92 Å². The first kappa shape index (κ1) is 10.9. The van der Waals surface area contributed by atoms with Crippen molar-refractivity contribution in [3.8, 4) is 0 Å². The topological polar surface area (TPSA) is 66.5 Å². The van der Waals surface area contributed by atoms with Crippen LogP contribution >= 0.6 is 0 Å². The fourth-order valence-electron chi connectivity index (χ4n) is 0.938. The molecule has 0 aromatic rings. The van der Waals surface area contributed by atoms with Crippen LogP contribution < -0.4 is 5.73 Å². The molecule has 0 radical (unpaired) electrons. The summed E-state index contributed by atoms with van der Waals surface area (Å²) in [6.07, 6.45) is 4.30. The number of nitrogens with two attached hydrogens (primary N) is 1. The molecular weight excluding hydrogens is 141 g/mol. The fraction of sp³-hybridized carbons (Fsp3) is 1.00. The Hall–Kier alpha value is -0.0551. The number of unbranched alkanes of at least 4 members (excludes halogenated alkanes) is 1. The van der Waals surface area contributed by atoms with Gasteiger partial charge in [0.1, 0.15) is 0 Å². The maximum Gasteiger partial charge on any atom is 0.451 e. The van der Waals surface area contributed by atoms with Gasteiger partial charge in [0, 0.05) is 6.04 Å². The second-order valence-electron chi connectivity index (χ2n) is 2.93. The Morgan fingerprint density at radius 1 is 1.36 bits per heavy atom. The maximum atomic E-state index is 8.50. The van der Waals surface area contributed by atoms with E-state index in [-0.39, 0.29) is 6.04 Å². The van der Waals surface area contributed by atoms with Gasteiger partial charge in [-0.1, -0.05) is 19.8 Å². The van der Waals surface area contributed by atoms with Crippen molar-refractivity contribution in [2.45, 2.75) is 45.0 Å². The van der Waals surface area contributed by atoms with E-state index in [1.54, 1.807) is 0 Å². The lowest BCUT2D eigenvalue weighted by molar-refractivity contribution is 0.400. The second kappa shape index (κ2) is 6.64. The highest BCUT2D eigenvalue weighted by atomic mass is 16.4. The fourth-order valence-corrected chi connectivity index (χ4v) is 0.938. The largest absolute Gasteiger partial charge is 0.451 e. The first-order chi connectivity index (χ1) is 5.16. The molecule has 0 heterocycles. The molecule has 1 unspecified atom stereocenters. The van der Waals surface area contributed by atoms with E-state index in [1.807, 2.05) is 0 Å². The molecule has 0 amide bonds. The zero-order valence-electron chi connectivity index (χ0n) is 7.16. The molecular formula is C7H18BNO2. The Kier molecular flexibility index (Phi) is 6.61. The minimum atomic E-state index is -1.15. The molecule has 0 rings (SSSR count). The van der Waals surface area contributed by atoms with Gasteiger partial charge in [0.15, 0.2) is 0 Å². The average Bonchev–Trinajstić information content (AvgIpc) is 1.97. The Morgan fingerprint density at radius 3 is 2.45 bits per heavy atom. The van der Waals surface area contributed by atoms with Gasteiger partial charge in [-0.3, -0.25) is 0 Å². The molecule has 4 N–H and O–H groups in total. The van der Waals surface area contributed by atoms with E-state index in [4.69, 9.17) is 15.8 Å². The predicted molar refractivity (Wildman–Crippen MR) is 47.1 cm³/mol. The average molecular weight is 159 g/mol. The molecule has 0 aliphatic heterocycles. The van der Waals surface area contributed by atoms with E-state index < -0.39 is 7.12 Å². The van der Waals surface area contributed by atoms with Gasteiger partial charge in [-0.25, -0.2) is 0 Å². The zero-order chi connectivity index (χ0) is 8.69. The SMILES string of the molecule is CCC(N)CCCCB(O)O. The summed E-state index contributed by atoms with van der Waals surface area (Å²) in [6.45, 7) is 2.06. The normalized spacial score (nSPS) is 13.1. The van der Waals surface area contributed by atoms with Gasteiger partial charge in [0.2, 0.25) is 0 Å². The van der Waals surface area contributed by atoms with Gasteiger partial charge in [0.25, 0.3) is 0 Å². The van der Waals surface area contributed by atoms with Gasteiger partial charge in [0.05, 0.1) is 0 Å². The Morgan fingerprint density at radius 2 is 2.00 bits per heavy atom. The first-order valence-electron chi connectivity index (χ1n) is 4.28. The monoisotopic (exact) mass is 159 g/mol. The molecule has 11 heavy (non-hydrogen) atoms. The minimum Gasteiger partial charge on any atom is -0.427 e. The van der Waals surface area contributed by atoms with Gasteiger partial charge in [-0.15, -0.1) is 0 Å². The third kappa shape index (κ3) is 7.85. The maximum absolute atomic E-state index is 8.50. The molecule has 0 saturated carbocycles. The lowest BCUT2D eigenvalue weighted by Gasteiger charge is -2.06. The summed E-state index contributed by atoms with van der Waals surface area (Å²) in [7, 11) is -1.15. The van der Waals surface area contributed by atoms with Crippen molar-refractivity contribution in [2.75, 3.05) is 0 Å². The summed E-state index contributed by atoms with van der Waals surface area (Å²) in [5, 5.41) is 17.0. The Balaban J connectivity index is 3.01. The summed E-state index contributed by atoms with van der Waals surface area (Å²) in [5.74, 6) is 0. The van der Waals surface area contributed by atoms with Gasteiger partial charge < -0.3 is 15.8 Å². The van der Waals surface area contributed by atoms with Gasteiger partial charge in [-0.2, -0.15) is 0 Å². The number of hydrogen-bond acceptors (Lipinski definition) is 3. The van der Waals surface area contributed by atoms with Crippen molar-refractivity contribution in [1.82, 2.24) is 0 Å². The van der Waals surface area contributed by atoms with Crippen molar-refractivity contribution in [2.24, 2.45) is 5.73 Å². The van der Waals surface area contributed by atoms with Crippen LogP contribution in [0.2, 0.25) is 6.32 Å². The van der Waals surface area contributed by atoms with Crippen LogP contribution in [0.1, 0.15) is 32.6 Å². The molecule has 4 heteroatoms. The van der Waals surface area contributed by atoms with Crippen LogP contribution in [0.4, 0.5) is 0 Å². The molecule has 0 aromatic heterocycles. The molecule has 66 valence electrons. The van der Waals surface area contributed by atoms with E-state index in [0.29, 0.717) is 6.32 Å².